The Hall–Kier alpha value is -4.55. The number of amides is 1. The Bertz CT molecular complexity index is 1970. The van der Waals surface area contributed by atoms with Crippen LogP contribution in [0, 0.1) is 19.7 Å². The highest BCUT2D eigenvalue weighted by Gasteiger charge is 2.49. The molecule has 1 unspecified atom stereocenters. The minimum atomic E-state index is -1.03. The van der Waals surface area contributed by atoms with Crippen molar-refractivity contribution in [1.82, 2.24) is 19.6 Å². The third-order valence-electron chi connectivity index (χ3n) is 7.85. The van der Waals surface area contributed by atoms with E-state index in [4.69, 9.17) is 4.74 Å². The standard InChI is InChI=1S/C34H32FN5O4S2/c1-4-5-8-17-44-24-14-9-13-22(18-24)28-26(29(41)27-21(3)39-16-10-11-20(2)31(39)36-27)30(42)32(43)40(28)33-37-38-34(46-33)45-19-23-12-6-7-15-25(23)35/h6-7,9-16,18,28,41H,4-5,8,17,19H2,1-3H3/b29-26+. The van der Waals surface area contributed by atoms with Crippen molar-refractivity contribution in [3.63, 3.8) is 0 Å². The van der Waals surface area contributed by atoms with E-state index < -0.39 is 17.7 Å². The lowest BCUT2D eigenvalue weighted by atomic mass is 9.96. The van der Waals surface area contributed by atoms with E-state index in [9.17, 15) is 19.1 Å². The lowest BCUT2D eigenvalue weighted by Gasteiger charge is -2.23. The number of aliphatic hydroxyl groups is 1. The number of ketones is 1. The minimum Gasteiger partial charge on any atom is -0.505 e. The fraction of sp³-hybridized carbons (Fsp3) is 0.265. The summed E-state index contributed by atoms with van der Waals surface area (Å²) < 4.78 is 22.6. The zero-order valence-corrected chi connectivity index (χ0v) is 27.2. The Kier molecular flexibility index (Phi) is 9.18. The van der Waals surface area contributed by atoms with Crippen LogP contribution in [0.25, 0.3) is 11.4 Å². The van der Waals surface area contributed by atoms with Crippen molar-refractivity contribution in [1.29, 1.82) is 0 Å². The van der Waals surface area contributed by atoms with E-state index in [1.54, 1.807) is 43.3 Å². The van der Waals surface area contributed by atoms with E-state index in [0.29, 0.717) is 44.9 Å². The lowest BCUT2D eigenvalue weighted by molar-refractivity contribution is -0.132. The van der Waals surface area contributed by atoms with Crippen LogP contribution in [0.1, 0.15) is 60.3 Å². The van der Waals surface area contributed by atoms with Crippen molar-refractivity contribution in [3.8, 4) is 5.75 Å². The number of anilines is 1. The number of pyridine rings is 1. The van der Waals surface area contributed by atoms with Crippen LogP contribution in [0.2, 0.25) is 0 Å². The summed E-state index contributed by atoms with van der Waals surface area (Å²) in [6, 6.07) is 16.4. The highest BCUT2D eigenvalue weighted by Crippen LogP contribution is 2.45. The predicted molar refractivity (Wildman–Crippen MR) is 177 cm³/mol. The average Bonchev–Trinajstić information content (AvgIpc) is 3.74. The number of unbranched alkanes of at least 4 members (excludes halogenated alkanes) is 2. The van der Waals surface area contributed by atoms with Gasteiger partial charge in [0.15, 0.2) is 10.1 Å². The molecule has 3 aromatic heterocycles. The summed E-state index contributed by atoms with van der Waals surface area (Å²) in [7, 11) is 0. The molecule has 236 valence electrons. The Morgan fingerprint density at radius 2 is 1.89 bits per heavy atom. The number of ether oxygens (including phenoxy) is 1. The van der Waals surface area contributed by atoms with Gasteiger partial charge in [0.25, 0.3) is 5.78 Å². The van der Waals surface area contributed by atoms with Gasteiger partial charge >= 0.3 is 5.91 Å². The smallest absolute Gasteiger partial charge is 0.301 e. The van der Waals surface area contributed by atoms with E-state index in [1.807, 2.05) is 35.7 Å². The molecule has 0 saturated carbocycles. The highest BCUT2D eigenvalue weighted by molar-refractivity contribution is 8.00. The van der Waals surface area contributed by atoms with Crippen molar-refractivity contribution in [2.24, 2.45) is 0 Å². The molecule has 1 N–H and O–H groups in total. The van der Waals surface area contributed by atoms with Crippen LogP contribution in [0.4, 0.5) is 9.52 Å². The molecule has 0 radical (unpaired) electrons. The number of aryl methyl sites for hydroxylation is 2. The summed E-state index contributed by atoms with van der Waals surface area (Å²) in [5.74, 6) is -1.51. The normalized spacial score (nSPS) is 16.1. The number of carbonyl (C=O) groups is 2. The summed E-state index contributed by atoms with van der Waals surface area (Å²) in [6.07, 6.45) is 4.82. The fourth-order valence-corrected chi connectivity index (χ4v) is 7.30. The van der Waals surface area contributed by atoms with Gasteiger partial charge in [-0.05, 0) is 61.2 Å². The molecule has 1 atom stereocenters. The zero-order chi connectivity index (χ0) is 32.4. The van der Waals surface area contributed by atoms with Gasteiger partial charge in [-0.2, -0.15) is 0 Å². The first-order chi connectivity index (χ1) is 22.3. The average molecular weight is 658 g/mol. The van der Waals surface area contributed by atoms with Gasteiger partial charge in [-0.3, -0.25) is 14.5 Å². The van der Waals surface area contributed by atoms with E-state index in [1.165, 1.54) is 22.7 Å². The number of rotatable bonds is 11. The van der Waals surface area contributed by atoms with Gasteiger partial charge in [-0.15, -0.1) is 10.2 Å². The number of aliphatic hydroxyl groups excluding tert-OH is 1. The topological polar surface area (TPSA) is 110 Å². The first-order valence-corrected chi connectivity index (χ1v) is 16.8. The number of Topliss-reactive ketones (excluding diaryl/α,β-unsaturated/α-hetero) is 1. The fourth-order valence-electron chi connectivity index (χ4n) is 5.45. The summed E-state index contributed by atoms with van der Waals surface area (Å²) in [4.78, 5) is 33.5. The molecule has 12 heteroatoms. The SMILES string of the molecule is CCCCCOc1cccc(C2/C(=C(\O)c3nc4c(C)cccn4c3C)C(=O)C(=O)N2c2nnc(SCc3ccccc3F)s2)c1. The quantitative estimate of drug-likeness (QED) is 0.0390. The molecular formula is C34H32FN5O4S2. The van der Waals surface area contributed by atoms with Crippen LogP contribution in [0.3, 0.4) is 0 Å². The van der Waals surface area contributed by atoms with E-state index in [-0.39, 0.29) is 28.0 Å². The number of benzene rings is 2. The Labute approximate surface area is 273 Å². The van der Waals surface area contributed by atoms with Crippen LogP contribution in [-0.2, 0) is 15.3 Å². The van der Waals surface area contributed by atoms with Crippen LogP contribution < -0.4 is 9.64 Å². The second-order valence-corrected chi connectivity index (χ2v) is 13.1. The molecule has 4 heterocycles. The van der Waals surface area contributed by atoms with Crippen molar-refractivity contribution in [2.75, 3.05) is 11.5 Å². The molecule has 1 amide bonds. The first-order valence-electron chi connectivity index (χ1n) is 15.0. The molecule has 0 spiro atoms. The van der Waals surface area contributed by atoms with Crippen molar-refractivity contribution >= 4 is 51.3 Å². The van der Waals surface area contributed by atoms with Crippen LogP contribution in [-0.4, -0.2) is 43.0 Å². The second-order valence-electron chi connectivity index (χ2n) is 11.0. The molecule has 1 fully saturated rings. The van der Waals surface area contributed by atoms with Crippen molar-refractivity contribution in [2.45, 2.75) is 56.2 Å². The largest absolute Gasteiger partial charge is 0.505 e. The molecule has 2 aromatic carbocycles. The van der Waals surface area contributed by atoms with Gasteiger partial charge in [0.1, 0.15) is 22.9 Å². The first kappa shape index (κ1) is 31.4. The number of imidazole rings is 1. The number of nitrogens with zero attached hydrogens (tertiary/aromatic N) is 5. The van der Waals surface area contributed by atoms with Gasteiger partial charge in [-0.25, -0.2) is 9.37 Å². The number of halogens is 1. The number of thioether (sulfide) groups is 1. The zero-order valence-electron chi connectivity index (χ0n) is 25.6. The summed E-state index contributed by atoms with van der Waals surface area (Å²) in [5.41, 5.74) is 3.33. The molecule has 1 aliphatic rings. The van der Waals surface area contributed by atoms with E-state index in [0.717, 1.165) is 36.2 Å². The Morgan fingerprint density at radius 1 is 1.07 bits per heavy atom. The Balaban J connectivity index is 1.42. The van der Waals surface area contributed by atoms with Crippen LogP contribution in [0.5, 0.6) is 5.75 Å². The van der Waals surface area contributed by atoms with Crippen LogP contribution in [0.15, 0.2) is 76.8 Å². The number of hydrogen-bond donors (Lipinski definition) is 1. The van der Waals surface area contributed by atoms with Gasteiger partial charge in [-0.1, -0.05) is 79.3 Å². The molecule has 5 aromatic rings. The number of hydrogen-bond acceptors (Lipinski definition) is 9. The molecule has 9 nitrogen and oxygen atoms in total. The van der Waals surface area contributed by atoms with Gasteiger partial charge in [0.2, 0.25) is 5.13 Å². The molecular weight excluding hydrogens is 626 g/mol. The molecule has 6 rings (SSSR count). The highest BCUT2D eigenvalue weighted by atomic mass is 32.2. The molecule has 46 heavy (non-hydrogen) atoms. The second kappa shape index (κ2) is 13.4. The van der Waals surface area contributed by atoms with Gasteiger partial charge < -0.3 is 14.2 Å². The molecule has 0 aliphatic carbocycles. The van der Waals surface area contributed by atoms with Gasteiger partial charge in [0.05, 0.1) is 23.9 Å². The summed E-state index contributed by atoms with van der Waals surface area (Å²) >= 11 is 2.40. The van der Waals surface area contributed by atoms with E-state index >= 15 is 0 Å². The summed E-state index contributed by atoms with van der Waals surface area (Å²) in [6.45, 7) is 6.35. The third-order valence-corrected chi connectivity index (χ3v) is 9.96. The van der Waals surface area contributed by atoms with Crippen molar-refractivity contribution in [3.05, 3.63) is 106 Å². The molecule has 1 saturated heterocycles. The molecule has 0 bridgehead atoms. The Morgan fingerprint density at radius 3 is 2.67 bits per heavy atom. The number of fused-ring (bicyclic) bond motifs is 1. The molecule has 1 aliphatic heterocycles. The van der Waals surface area contributed by atoms with Crippen molar-refractivity contribution < 1.29 is 23.8 Å². The minimum absolute atomic E-state index is 0.104. The predicted octanol–water partition coefficient (Wildman–Crippen LogP) is 7.43. The maximum atomic E-state index is 14.2. The number of aromatic nitrogens is 4. The maximum Gasteiger partial charge on any atom is 0.301 e. The van der Waals surface area contributed by atoms with E-state index in [2.05, 4.69) is 22.1 Å². The monoisotopic (exact) mass is 657 g/mol. The van der Waals surface area contributed by atoms with Crippen LogP contribution >= 0.6 is 23.1 Å². The third kappa shape index (κ3) is 6.02. The lowest BCUT2D eigenvalue weighted by Crippen LogP contribution is -2.29. The summed E-state index contributed by atoms with van der Waals surface area (Å²) in [5, 5.41) is 20.5. The maximum absolute atomic E-state index is 14.2. The van der Waals surface area contributed by atoms with Gasteiger partial charge in [0, 0.05) is 11.9 Å². The number of carbonyl (C=O) groups excluding carboxylic acids is 2.